The second kappa shape index (κ2) is 5.64. The van der Waals surface area contributed by atoms with Gasteiger partial charge in [-0.05, 0) is 24.3 Å². The summed E-state index contributed by atoms with van der Waals surface area (Å²) in [6.07, 6.45) is 3.23. The van der Waals surface area contributed by atoms with E-state index in [9.17, 15) is 10.4 Å². The fourth-order valence-corrected chi connectivity index (χ4v) is 2.81. The summed E-state index contributed by atoms with van der Waals surface area (Å²) >= 11 is 6.20. The molecule has 0 amide bonds. The van der Waals surface area contributed by atoms with Gasteiger partial charge in [-0.25, -0.2) is 9.97 Å². The van der Waals surface area contributed by atoms with Crippen molar-refractivity contribution < 1.29 is 10.4 Å². The third kappa shape index (κ3) is 2.31. The third-order valence-corrected chi connectivity index (χ3v) is 4.02. The lowest BCUT2D eigenvalue weighted by Gasteiger charge is -2.15. The lowest BCUT2D eigenvalue weighted by Crippen LogP contribution is -2.13. The van der Waals surface area contributed by atoms with Crippen molar-refractivity contribution in [2.24, 2.45) is 0 Å². The van der Waals surface area contributed by atoms with Gasteiger partial charge in [0.25, 0.3) is 0 Å². The average Bonchev–Trinajstić information content (AvgIpc) is 3.06. The van der Waals surface area contributed by atoms with E-state index >= 15 is 0 Å². The van der Waals surface area contributed by atoms with Gasteiger partial charge >= 0.3 is 0 Å². The molecule has 0 saturated carbocycles. The molecule has 0 radical (unpaired) electrons. The Hall–Kier alpha value is -2.87. The van der Waals surface area contributed by atoms with Crippen molar-refractivity contribution in [3.05, 3.63) is 60.0 Å². The van der Waals surface area contributed by atoms with Crippen molar-refractivity contribution in [2.75, 3.05) is 10.5 Å². The first kappa shape index (κ1) is 14.7. The summed E-state index contributed by atoms with van der Waals surface area (Å²) in [6.45, 7) is 0. The molecule has 0 aliphatic heterocycles. The van der Waals surface area contributed by atoms with Crippen LogP contribution in [0.1, 0.15) is 0 Å². The normalized spacial score (nSPS) is 11.1. The van der Waals surface area contributed by atoms with Gasteiger partial charge in [0.1, 0.15) is 16.7 Å². The molecule has 3 N–H and O–H groups in total. The molecule has 0 atom stereocenters. The van der Waals surface area contributed by atoms with E-state index in [2.05, 4.69) is 15.3 Å². The Labute approximate surface area is 141 Å². The molecule has 4 rings (SSSR count). The fraction of sp³-hybridized carbons (Fsp3) is 0. The Morgan fingerprint density at radius 2 is 1.92 bits per heavy atom. The van der Waals surface area contributed by atoms with Crippen LogP contribution in [0.25, 0.3) is 16.6 Å². The van der Waals surface area contributed by atoms with Gasteiger partial charge in [0.15, 0.2) is 5.82 Å². The number of nitrogens with one attached hydrogen (secondary N) is 1. The van der Waals surface area contributed by atoms with Crippen LogP contribution in [0.15, 0.2) is 55.0 Å². The quantitative estimate of drug-likeness (QED) is 0.490. The standard InChI is InChI=1S/C16H12ClN5O2/c17-10-4-1-2-5-11(10)19-16-14-8-18-9-21(14)15-12(20-16)6-3-7-13(15)22(23)24/h1-9,23-24H,(H,19,20). The van der Waals surface area contributed by atoms with E-state index in [1.807, 2.05) is 18.2 Å². The van der Waals surface area contributed by atoms with Crippen LogP contribution >= 0.6 is 11.6 Å². The first-order valence-electron chi connectivity index (χ1n) is 7.09. The molecule has 0 unspecified atom stereocenters. The third-order valence-electron chi connectivity index (χ3n) is 3.69. The van der Waals surface area contributed by atoms with Gasteiger partial charge in [0, 0.05) is 0 Å². The van der Waals surface area contributed by atoms with E-state index in [4.69, 9.17) is 11.6 Å². The van der Waals surface area contributed by atoms with Crippen molar-refractivity contribution in [3.8, 4) is 0 Å². The Balaban J connectivity index is 1.97. The van der Waals surface area contributed by atoms with Crippen molar-refractivity contribution >= 4 is 45.3 Å². The summed E-state index contributed by atoms with van der Waals surface area (Å²) in [5, 5.41) is 22.8. The highest BCUT2D eigenvalue weighted by Gasteiger charge is 2.15. The van der Waals surface area contributed by atoms with Gasteiger partial charge in [0.2, 0.25) is 0 Å². The summed E-state index contributed by atoms with van der Waals surface area (Å²) in [5.74, 6) is 0.563. The van der Waals surface area contributed by atoms with Gasteiger partial charge in [-0.2, -0.15) is 0 Å². The van der Waals surface area contributed by atoms with E-state index in [0.717, 1.165) is 5.69 Å². The maximum absolute atomic E-state index is 9.45. The number of hydrogen-bond acceptors (Lipinski definition) is 6. The molecule has 120 valence electrons. The molecule has 0 aliphatic carbocycles. The molecule has 0 saturated heterocycles. The van der Waals surface area contributed by atoms with Gasteiger partial charge in [-0.15, -0.1) is 5.23 Å². The Bertz CT molecular complexity index is 1050. The summed E-state index contributed by atoms with van der Waals surface area (Å²) in [5.41, 5.74) is 2.69. The molecular weight excluding hydrogens is 330 g/mol. The monoisotopic (exact) mass is 341 g/mol. The highest BCUT2D eigenvalue weighted by atomic mass is 35.5. The second-order valence-corrected chi connectivity index (χ2v) is 5.56. The SMILES string of the molecule is ON(O)c1cccc2nc(Nc3ccccc3Cl)c3cncn3c12. The summed E-state index contributed by atoms with van der Waals surface area (Å²) < 4.78 is 1.73. The fourth-order valence-electron chi connectivity index (χ4n) is 2.63. The van der Waals surface area contributed by atoms with Gasteiger partial charge in [-0.3, -0.25) is 14.8 Å². The summed E-state index contributed by atoms with van der Waals surface area (Å²) in [6, 6.07) is 12.4. The van der Waals surface area contributed by atoms with Crippen LogP contribution in [-0.2, 0) is 0 Å². The number of anilines is 3. The predicted octanol–water partition coefficient (Wildman–Crippen LogP) is 3.86. The van der Waals surface area contributed by atoms with E-state index in [1.54, 1.807) is 41.2 Å². The molecule has 0 fully saturated rings. The maximum atomic E-state index is 9.45. The Morgan fingerprint density at radius 3 is 2.71 bits per heavy atom. The molecular formula is C16H12ClN5O2. The van der Waals surface area contributed by atoms with Crippen LogP contribution in [0.3, 0.4) is 0 Å². The number of rotatable bonds is 3. The lowest BCUT2D eigenvalue weighted by atomic mass is 10.2. The van der Waals surface area contributed by atoms with Crippen molar-refractivity contribution in [1.82, 2.24) is 14.4 Å². The molecule has 24 heavy (non-hydrogen) atoms. The highest BCUT2D eigenvalue weighted by Crippen LogP contribution is 2.31. The highest BCUT2D eigenvalue weighted by molar-refractivity contribution is 6.33. The van der Waals surface area contributed by atoms with Crippen LogP contribution in [0, 0.1) is 0 Å². The number of benzene rings is 2. The number of nitrogens with zero attached hydrogens (tertiary/aromatic N) is 4. The minimum Gasteiger partial charge on any atom is -0.337 e. The Kier molecular flexibility index (Phi) is 3.46. The zero-order chi connectivity index (χ0) is 16.7. The zero-order valence-electron chi connectivity index (χ0n) is 12.3. The second-order valence-electron chi connectivity index (χ2n) is 5.15. The van der Waals surface area contributed by atoms with Gasteiger partial charge < -0.3 is 5.32 Å². The minimum absolute atomic E-state index is 0.0740. The molecule has 4 aromatic rings. The first-order valence-corrected chi connectivity index (χ1v) is 7.47. The summed E-state index contributed by atoms with van der Waals surface area (Å²) in [4.78, 5) is 8.72. The molecule has 2 aromatic carbocycles. The number of fused-ring (bicyclic) bond motifs is 3. The molecule has 2 aromatic heterocycles. The largest absolute Gasteiger partial charge is 0.337 e. The molecule has 0 bridgehead atoms. The van der Waals surface area contributed by atoms with E-state index in [-0.39, 0.29) is 10.9 Å². The molecule has 0 spiro atoms. The lowest BCUT2D eigenvalue weighted by molar-refractivity contribution is 0.0298. The molecule has 8 heteroatoms. The molecule has 0 aliphatic rings. The number of aromatic nitrogens is 3. The minimum atomic E-state index is 0.0740. The smallest absolute Gasteiger partial charge is 0.157 e. The van der Waals surface area contributed by atoms with Crippen molar-refractivity contribution in [3.63, 3.8) is 0 Å². The van der Waals surface area contributed by atoms with Gasteiger partial charge in [0.05, 0.1) is 28.8 Å². The predicted molar refractivity (Wildman–Crippen MR) is 91.3 cm³/mol. The van der Waals surface area contributed by atoms with E-state index < -0.39 is 0 Å². The first-order chi connectivity index (χ1) is 11.6. The number of halogens is 1. The van der Waals surface area contributed by atoms with E-state index in [0.29, 0.717) is 27.4 Å². The topological polar surface area (TPSA) is 85.9 Å². The zero-order valence-corrected chi connectivity index (χ0v) is 13.0. The number of imidazole rings is 1. The van der Waals surface area contributed by atoms with Crippen LogP contribution in [0.2, 0.25) is 5.02 Å². The maximum Gasteiger partial charge on any atom is 0.157 e. The van der Waals surface area contributed by atoms with Crippen molar-refractivity contribution in [2.45, 2.75) is 0 Å². The van der Waals surface area contributed by atoms with Crippen LogP contribution < -0.4 is 10.5 Å². The number of para-hydroxylation sites is 2. The van der Waals surface area contributed by atoms with Crippen LogP contribution in [-0.4, -0.2) is 24.8 Å². The average molecular weight is 342 g/mol. The van der Waals surface area contributed by atoms with Crippen molar-refractivity contribution in [1.29, 1.82) is 0 Å². The number of hydrogen-bond donors (Lipinski definition) is 3. The molecule has 2 heterocycles. The van der Waals surface area contributed by atoms with Crippen LogP contribution in [0.5, 0.6) is 0 Å². The van der Waals surface area contributed by atoms with Crippen LogP contribution in [0.4, 0.5) is 17.2 Å². The van der Waals surface area contributed by atoms with E-state index in [1.165, 1.54) is 0 Å². The van der Waals surface area contributed by atoms with Gasteiger partial charge in [-0.1, -0.05) is 29.8 Å². The summed E-state index contributed by atoms with van der Waals surface area (Å²) in [7, 11) is 0. The Morgan fingerprint density at radius 1 is 1.08 bits per heavy atom. The molecule has 7 nitrogen and oxygen atoms in total.